The number of halogens is 1. The van der Waals surface area contributed by atoms with Gasteiger partial charge in [-0.05, 0) is 25.2 Å². The number of likely N-dealkylation sites (N-methyl/N-ethyl adjacent to an activating group) is 1. The second-order valence-electron chi connectivity index (χ2n) is 5.08. The summed E-state index contributed by atoms with van der Waals surface area (Å²) >= 11 is 5.92. The second-order valence-corrected chi connectivity index (χ2v) is 5.51. The number of rotatable bonds is 4. The third-order valence-corrected chi connectivity index (χ3v) is 3.59. The van der Waals surface area contributed by atoms with E-state index >= 15 is 0 Å². The smallest absolute Gasteiger partial charge is 0.236 e. The van der Waals surface area contributed by atoms with Gasteiger partial charge in [0.05, 0.1) is 6.54 Å². The van der Waals surface area contributed by atoms with Gasteiger partial charge in [0.15, 0.2) is 0 Å². The molecule has 1 aromatic rings. The van der Waals surface area contributed by atoms with Crippen LogP contribution in [-0.4, -0.2) is 60.6 Å². The first-order valence-corrected chi connectivity index (χ1v) is 7.08. The van der Waals surface area contributed by atoms with Crippen LogP contribution < -0.4 is 5.32 Å². The van der Waals surface area contributed by atoms with E-state index in [4.69, 9.17) is 11.6 Å². The number of carbonyl (C=O) groups is 1. The van der Waals surface area contributed by atoms with Crippen LogP contribution in [0.4, 0.5) is 0 Å². The molecule has 110 valence electrons. The van der Waals surface area contributed by atoms with Crippen molar-refractivity contribution in [1.29, 1.82) is 0 Å². The van der Waals surface area contributed by atoms with E-state index in [0.717, 1.165) is 31.7 Å². The number of phenols is 1. The van der Waals surface area contributed by atoms with Crippen molar-refractivity contribution in [3.8, 4) is 5.75 Å². The SMILES string of the molecule is CN(CC(=O)N1CCNCC1)Cc1cc(Cl)ccc1O. The summed E-state index contributed by atoms with van der Waals surface area (Å²) in [5.74, 6) is 0.325. The maximum absolute atomic E-state index is 12.1. The Balaban J connectivity index is 1.89. The number of nitrogens with one attached hydrogen (secondary N) is 1. The number of carbonyl (C=O) groups excluding carboxylic acids is 1. The predicted molar refractivity (Wildman–Crippen MR) is 78.9 cm³/mol. The molecular weight excluding hydrogens is 278 g/mol. The van der Waals surface area contributed by atoms with Crippen LogP contribution in [0.3, 0.4) is 0 Å². The first-order valence-electron chi connectivity index (χ1n) is 6.70. The fourth-order valence-electron chi connectivity index (χ4n) is 2.27. The molecule has 1 amide bonds. The van der Waals surface area contributed by atoms with Crippen molar-refractivity contribution in [1.82, 2.24) is 15.1 Å². The van der Waals surface area contributed by atoms with Crippen LogP contribution in [0.5, 0.6) is 5.75 Å². The van der Waals surface area contributed by atoms with Crippen LogP contribution in [-0.2, 0) is 11.3 Å². The van der Waals surface area contributed by atoms with Gasteiger partial charge in [-0.15, -0.1) is 0 Å². The van der Waals surface area contributed by atoms with Crippen molar-refractivity contribution in [2.24, 2.45) is 0 Å². The summed E-state index contributed by atoms with van der Waals surface area (Å²) in [4.78, 5) is 15.9. The zero-order valence-electron chi connectivity index (χ0n) is 11.6. The monoisotopic (exact) mass is 297 g/mol. The maximum atomic E-state index is 12.1. The molecule has 0 saturated carbocycles. The van der Waals surface area contributed by atoms with Crippen molar-refractivity contribution in [3.63, 3.8) is 0 Å². The number of amides is 1. The third kappa shape index (κ3) is 4.10. The first-order chi connectivity index (χ1) is 9.56. The Morgan fingerprint density at radius 2 is 2.15 bits per heavy atom. The molecule has 1 aromatic carbocycles. The molecule has 0 aliphatic carbocycles. The van der Waals surface area contributed by atoms with Gasteiger partial charge in [-0.1, -0.05) is 11.6 Å². The highest BCUT2D eigenvalue weighted by Gasteiger charge is 2.18. The minimum atomic E-state index is 0.121. The molecular formula is C14H20ClN3O2. The van der Waals surface area contributed by atoms with Gasteiger partial charge in [-0.25, -0.2) is 0 Å². The summed E-state index contributed by atoms with van der Waals surface area (Å²) in [6, 6.07) is 4.94. The van der Waals surface area contributed by atoms with Crippen LogP contribution in [0.2, 0.25) is 5.02 Å². The van der Waals surface area contributed by atoms with Crippen molar-refractivity contribution in [2.45, 2.75) is 6.54 Å². The molecule has 1 fully saturated rings. The fraction of sp³-hybridized carbons (Fsp3) is 0.500. The Bertz CT molecular complexity index is 475. The molecule has 1 aliphatic heterocycles. The Labute approximate surface area is 124 Å². The van der Waals surface area contributed by atoms with E-state index in [0.29, 0.717) is 18.1 Å². The van der Waals surface area contributed by atoms with Gasteiger partial charge in [-0.3, -0.25) is 9.69 Å². The van der Waals surface area contributed by atoms with Crippen LogP contribution in [0.15, 0.2) is 18.2 Å². The molecule has 20 heavy (non-hydrogen) atoms. The molecule has 0 radical (unpaired) electrons. The number of hydrogen-bond donors (Lipinski definition) is 2. The van der Waals surface area contributed by atoms with E-state index in [1.165, 1.54) is 0 Å². The number of piperazine rings is 1. The summed E-state index contributed by atoms with van der Waals surface area (Å²) in [5, 5.41) is 13.6. The molecule has 0 unspecified atom stereocenters. The van der Waals surface area contributed by atoms with Gasteiger partial charge in [0.2, 0.25) is 5.91 Å². The van der Waals surface area contributed by atoms with Crippen LogP contribution in [0, 0.1) is 0 Å². The van der Waals surface area contributed by atoms with Gasteiger partial charge in [0.1, 0.15) is 5.75 Å². The molecule has 1 aliphatic rings. The van der Waals surface area contributed by atoms with E-state index in [2.05, 4.69) is 5.32 Å². The normalized spacial score (nSPS) is 15.7. The second kappa shape index (κ2) is 6.92. The lowest BCUT2D eigenvalue weighted by molar-refractivity contribution is -0.132. The third-order valence-electron chi connectivity index (χ3n) is 3.36. The summed E-state index contributed by atoms with van der Waals surface area (Å²) in [7, 11) is 1.86. The highest BCUT2D eigenvalue weighted by molar-refractivity contribution is 6.30. The van der Waals surface area contributed by atoms with Gasteiger partial charge >= 0.3 is 0 Å². The number of hydrogen-bond acceptors (Lipinski definition) is 4. The molecule has 5 nitrogen and oxygen atoms in total. The van der Waals surface area contributed by atoms with Crippen molar-refractivity contribution >= 4 is 17.5 Å². The average Bonchev–Trinajstić information content (AvgIpc) is 2.43. The standard InChI is InChI=1S/C14H20ClN3O2/c1-17(9-11-8-12(15)2-3-13(11)19)10-14(20)18-6-4-16-5-7-18/h2-3,8,16,19H,4-7,9-10H2,1H3. The number of benzene rings is 1. The quantitative estimate of drug-likeness (QED) is 0.867. The number of nitrogens with zero attached hydrogens (tertiary/aromatic N) is 2. The molecule has 2 rings (SSSR count). The summed E-state index contributed by atoms with van der Waals surface area (Å²) in [6.07, 6.45) is 0. The minimum Gasteiger partial charge on any atom is -0.508 e. The zero-order valence-corrected chi connectivity index (χ0v) is 12.4. The Morgan fingerprint density at radius 1 is 1.45 bits per heavy atom. The summed E-state index contributed by atoms with van der Waals surface area (Å²) in [5.41, 5.74) is 0.730. The molecule has 1 saturated heterocycles. The van der Waals surface area contributed by atoms with E-state index in [9.17, 15) is 9.90 Å². The van der Waals surface area contributed by atoms with E-state index in [1.807, 2.05) is 16.8 Å². The largest absolute Gasteiger partial charge is 0.508 e. The minimum absolute atomic E-state index is 0.121. The molecule has 2 N–H and O–H groups in total. The Morgan fingerprint density at radius 3 is 2.85 bits per heavy atom. The topological polar surface area (TPSA) is 55.8 Å². The molecule has 0 bridgehead atoms. The van der Waals surface area contributed by atoms with Gasteiger partial charge in [-0.2, -0.15) is 0 Å². The summed E-state index contributed by atoms with van der Waals surface area (Å²) in [6.45, 7) is 4.05. The van der Waals surface area contributed by atoms with Gasteiger partial charge < -0.3 is 15.3 Å². The Hall–Kier alpha value is -1.30. The fourth-order valence-corrected chi connectivity index (χ4v) is 2.47. The number of phenolic OH excluding ortho intramolecular Hbond substituents is 1. The lowest BCUT2D eigenvalue weighted by atomic mass is 10.2. The zero-order chi connectivity index (χ0) is 14.5. The van der Waals surface area contributed by atoms with Crippen LogP contribution >= 0.6 is 11.6 Å². The molecule has 0 spiro atoms. The number of aromatic hydroxyl groups is 1. The maximum Gasteiger partial charge on any atom is 0.236 e. The molecule has 1 heterocycles. The van der Waals surface area contributed by atoms with Crippen molar-refractivity contribution in [3.05, 3.63) is 28.8 Å². The Kier molecular flexibility index (Phi) is 5.23. The van der Waals surface area contributed by atoms with Crippen LogP contribution in [0.1, 0.15) is 5.56 Å². The van der Waals surface area contributed by atoms with Crippen LogP contribution in [0.25, 0.3) is 0 Å². The molecule has 0 aromatic heterocycles. The highest BCUT2D eigenvalue weighted by atomic mass is 35.5. The van der Waals surface area contributed by atoms with Crippen molar-refractivity contribution < 1.29 is 9.90 Å². The first kappa shape index (κ1) is 15.1. The molecule has 0 atom stereocenters. The van der Waals surface area contributed by atoms with Gasteiger partial charge in [0.25, 0.3) is 0 Å². The summed E-state index contributed by atoms with van der Waals surface area (Å²) < 4.78 is 0. The highest BCUT2D eigenvalue weighted by Crippen LogP contribution is 2.22. The van der Waals surface area contributed by atoms with Gasteiger partial charge in [0, 0.05) is 43.3 Å². The average molecular weight is 298 g/mol. The van der Waals surface area contributed by atoms with E-state index in [1.54, 1.807) is 18.2 Å². The predicted octanol–water partition coefficient (Wildman–Crippen LogP) is 0.909. The molecule has 6 heteroatoms. The van der Waals surface area contributed by atoms with E-state index < -0.39 is 0 Å². The van der Waals surface area contributed by atoms with E-state index in [-0.39, 0.29) is 11.7 Å². The van der Waals surface area contributed by atoms with Crippen molar-refractivity contribution in [2.75, 3.05) is 39.8 Å². The lowest BCUT2D eigenvalue weighted by Gasteiger charge is -2.29. The lowest BCUT2D eigenvalue weighted by Crippen LogP contribution is -2.49.